The van der Waals surface area contributed by atoms with E-state index >= 15 is 0 Å². The molecule has 0 bridgehead atoms. The van der Waals surface area contributed by atoms with Gasteiger partial charge in [-0.2, -0.15) is 5.10 Å². The molecule has 2 aliphatic rings. The van der Waals surface area contributed by atoms with Gasteiger partial charge in [0.05, 0.1) is 11.7 Å². The van der Waals surface area contributed by atoms with Crippen LogP contribution in [-0.2, 0) is 11.2 Å². The SMILES string of the molecule is CC(C)Cc1nc([C@H](C)N2CCCC2=O)n(-c2ccc3c(c2)OCO3)n1. The molecule has 1 aromatic carbocycles. The Balaban J connectivity index is 1.74. The fourth-order valence-electron chi connectivity index (χ4n) is 3.52. The van der Waals surface area contributed by atoms with Crippen LogP contribution in [0, 0.1) is 5.92 Å². The van der Waals surface area contributed by atoms with Crippen molar-refractivity contribution in [3.05, 3.63) is 29.8 Å². The molecule has 1 saturated heterocycles. The quantitative estimate of drug-likeness (QED) is 0.824. The van der Waals surface area contributed by atoms with Crippen molar-refractivity contribution in [2.45, 2.75) is 46.1 Å². The predicted octanol–water partition coefficient (Wildman–Crippen LogP) is 2.88. The van der Waals surface area contributed by atoms with Crippen molar-refractivity contribution in [1.82, 2.24) is 19.7 Å². The predicted molar refractivity (Wildman–Crippen MR) is 95.4 cm³/mol. The van der Waals surface area contributed by atoms with E-state index in [1.807, 2.05) is 34.7 Å². The van der Waals surface area contributed by atoms with E-state index < -0.39 is 0 Å². The second-order valence-electron chi connectivity index (χ2n) is 7.30. The molecule has 0 saturated carbocycles. The zero-order valence-corrected chi connectivity index (χ0v) is 15.4. The molecule has 7 heteroatoms. The van der Waals surface area contributed by atoms with Gasteiger partial charge in [0.2, 0.25) is 12.7 Å². The minimum absolute atomic E-state index is 0.121. The fraction of sp³-hybridized carbons (Fsp3) is 0.526. The minimum atomic E-state index is -0.121. The largest absolute Gasteiger partial charge is 0.454 e. The highest BCUT2D eigenvalue weighted by Gasteiger charge is 2.30. The van der Waals surface area contributed by atoms with Crippen molar-refractivity contribution in [3.63, 3.8) is 0 Å². The Morgan fingerprint density at radius 1 is 1.19 bits per heavy atom. The van der Waals surface area contributed by atoms with Crippen LogP contribution >= 0.6 is 0 Å². The number of likely N-dealkylation sites (tertiary alicyclic amines) is 1. The van der Waals surface area contributed by atoms with E-state index in [0.717, 1.165) is 42.5 Å². The normalized spacial score (nSPS) is 17.4. The van der Waals surface area contributed by atoms with Crippen LogP contribution in [0.1, 0.15) is 51.3 Å². The number of rotatable bonds is 5. The van der Waals surface area contributed by atoms with Crippen molar-refractivity contribution in [2.24, 2.45) is 5.92 Å². The zero-order valence-electron chi connectivity index (χ0n) is 15.4. The van der Waals surface area contributed by atoms with Crippen LogP contribution in [-0.4, -0.2) is 38.9 Å². The maximum atomic E-state index is 12.2. The molecule has 7 nitrogen and oxygen atoms in total. The number of hydrogen-bond acceptors (Lipinski definition) is 5. The fourth-order valence-corrected chi connectivity index (χ4v) is 3.52. The third-order valence-corrected chi connectivity index (χ3v) is 4.82. The van der Waals surface area contributed by atoms with Gasteiger partial charge >= 0.3 is 0 Å². The molecule has 2 aliphatic heterocycles. The number of carbonyl (C=O) groups excluding carboxylic acids is 1. The summed E-state index contributed by atoms with van der Waals surface area (Å²) in [4.78, 5) is 18.9. The van der Waals surface area contributed by atoms with E-state index in [4.69, 9.17) is 19.6 Å². The standard InChI is InChI=1S/C19H24N4O3/c1-12(2)9-17-20-19(13(3)22-8-4-5-18(22)24)23(21-17)14-6-7-15-16(10-14)26-11-25-15/h6-7,10,12-13H,4-5,8-9,11H2,1-3H3/t13-/m0/s1. The number of hydrogen-bond donors (Lipinski definition) is 0. The lowest BCUT2D eigenvalue weighted by atomic mass is 10.1. The Hall–Kier alpha value is -2.57. The smallest absolute Gasteiger partial charge is 0.231 e. The summed E-state index contributed by atoms with van der Waals surface area (Å²) in [5, 5.41) is 4.73. The van der Waals surface area contributed by atoms with Crippen molar-refractivity contribution in [2.75, 3.05) is 13.3 Å². The first kappa shape index (κ1) is 16.9. The molecule has 0 spiro atoms. The highest BCUT2D eigenvalue weighted by molar-refractivity contribution is 5.78. The van der Waals surface area contributed by atoms with Gasteiger partial charge in [-0.1, -0.05) is 13.8 Å². The van der Waals surface area contributed by atoms with Crippen LogP contribution in [0.4, 0.5) is 0 Å². The van der Waals surface area contributed by atoms with Gasteiger partial charge in [0, 0.05) is 25.5 Å². The minimum Gasteiger partial charge on any atom is -0.454 e. The number of nitrogens with zero attached hydrogens (tertiary/aromatic N) is 4. The van der Waals surface area contributed by atoms with E-state index in [9.17, 15) is 4.79 Å². The van der Waals surface area contributed by atoms with Gasteiger partial charge in [-0.3, -0.25) is 4.79 Å². The second-order valence-corrected chi connectivity index (χ2v) is 7.30. The average Bonchev–Trinajstić information content (AvgIpc) is 3.32. The lowest BCUT2D eigenvalue weighted by Crippen LogP contribution is -2.29. The molecule has 138 valence electrons. The van der Waals surface area contributed by atoms with Gasteiger partial charge in [0.25, 0.3) is 0 Å². The van der Waals surface area contributed by atoms with Crippen LogP contribution < -0.4 is 9.47 Å². The molecule has 1 aromatic heterocycles. The number of fused-ring (bicyclic) bond motifs is 1. The molecular formula is C19H24N4O3. The molecule has 4 rings (SSSR count). The van der Waals surface area contributed by atoms with E-state index in [2.05, 4.69) is 13.8 Å². The first-order valence-corrected chi connectivity index (χ1v) is 9.18. The van der Waals surface area contributed by atoms with Crippen LogP contribution in [0.15, 0.2) is 18.2 Å². The van der Waals surface area contributed by atoms with Crippen molar-refractivity contribution in [3.8, 4) is 17.2 Å². The maximum Gasteiger partial charge on any atom is 0.231 e. The first-order chi connectivity index (χ1) is 12.5. The third-order valence-electron chi connectivity index (χ3n) is 4.82. The molecule has 0 N–H and O–H groups in total. The summed E-state index contributed by atoms with van der Waals surface area (Å²) in [7, 11) is 0. The topological polar surface area (TPSA) is 69.5 Å². The Morgan fingerprint density at radius 3 is 2.73 bits per heavy atom. The third kappa shape index (κ3) is 3.02. The number of carbonyl (C=O) groups is 1. The number of amides is 1. The number of benzene rings is 1. The van der Waals surface area contributed by atoms with Crippen molar-refractivity contribution in [1.29, 1.82) is 0 Å². The lowest BCUT2D eigenvalue weighted by molar-refractivity contribution is -0.129. The van der Waals surface area contributed by atoms with E-state index in [-0.39, 0.29) is 18.7 Å². The Kier molecular flexibility index (Phi) is 4.30. The Morgan fingerprint density at radius 2 is 2.00 bits per heavy atom. The highest BCUT2D eigenvalue weighted by Crippen LogP contribution is 2.35. The average molecular weight is 356 g/mol. The molecule has 0 aliphatic carbocycles. The van der Waals surface area contributed by atoms with Gasteiger partial charge in [0.1, 0.15) is 0 Å². The van der Waals surface area contributed by atoms with E-state index in [0.29, 0.717) is 18.1 Å². The summed E-state index contributed by atoms with van der Waals surface area (Å²) in [6.07, 6.45) is 2.31. The lowest BCUT2D eigenvalue weighted by Gasteiger charge is -2.23. The summed E-state index contributed by atoms with van der Waals surface area (Å²) >= 11 is 0. The van der Waals surface area contributed by atoms with Crippen LogP contribution in [0.5, 0.6) is 11.5 Å². The Bertz CT molecular complexity index is 830. The Labute approximate surface area is 152 Å². The molecule has 26 heavy (non-hydrogen) atoms. The molecule has 2 aromatic rings. The molecule has 0 unspecified atom stereocenters. The monoisotopic (exact) mass is 356 g/mol. The molecule has 1 atom stereocenters. The molecule has 1 amide bonds. The number of aromatic nitrogens is 3. The summed E-state index contributed by atoms with van der Waals surface area (Å²) in [6.45, 7) is 7.33. The van der Waals surface area contributed by atoms with Crippen LogP contribution in [0.25, 0.3) is 5.69 Å². The van der Waals surface area contributed by atoms with Gasteiger partial charge in [-0.05, 0) is 31.4 Å². The van der Waals surface area contributed by atoms with Crippen LogP contribution in [0.2, 0.25) is 0 Å². The van der Waals surface area contributed by atoms with Crippen molar-refractivity contribution >= 4 is 5.91 Å². The van der Waals surface area contributed by atoms with Gasteiger partial charge < -0.3 is 14.4 Å². The second kappa shape index (κ2) is 6.63. The molecular weight excluding hydrogens is 332 g/mol. The van der Waals surface area contributed by atoms with Gasteiger partial charge in [-0.25, -0.2) is 9.67 Å². The van der Waals surface area contributed by atoms with Crippen LogP contribution in [0.3, 0.4) is 0 Å². The molecule has 0 radical (unpaired) electrons. The first-order valence-electron chi connectivity index (χ1n) is 9.18. The maximum absolute atomic E-state index is 12.2. The summed E-state index contributed by atoms with van der Waals surface area (Å²) in [5.74, 6) is 3.67. The summed E-state index contributed by atoms with van der Waals surface area (Å²) < 4.78 is 12.7. The molecule has 3 heterocycles. The van der Waals surface area contributed by atoms with Crippen molar-refractivity contribution < 1.29 is 14.3 Å². The van der Waals surface area contributed by atoms with Gasteiger partial charge in [-0.15, -0.1) is 0 Å². The summed E-state index contributed by atoms with van der Waals surface area (Å²) in [6, 6.07) is 5.63. The van der Waals surface area contributed by atoms with E-state index in [1.54, 1.807) is 0 Å². The highest BCUT2D eigenvalue weighted by atomic mass is 16.7. The zero-order chi connectivity index (χ0) is 18.3. The van der Waals surface area contributed by atoms with E-state index in [1.165, 1.54) is 0 Å². The molecule has 1 fully saturated rings. The summed E-state index contributed by atoms with van der Waals surface area (Å²) in [5.41, 5.74) is 0.866. The number of ether oxygens (including phenoxy) is 2. The van der Waals surface area contributed by atoms with Gasteiger partial charge in [0.15, 0.2) is 23.1 Å².